The minimum Gasteiger partial charge on any atom is -0.493 e. The first-order chi connectivity index (χ1) is 15.7. The molecule has 33 heavy (non-hydrogen) atoms. The zero-order valence-corrected chi connectivity index (χ0v) is 21.7. The van der Waals surface area contributed by atoms with E-state index in [-0.39, 0.29) is 19.1 Å². The van der Waals surface area contributed by atoms with Crippen molar-refractivity contribution in [2.45, 2.75) is 33.9 Å². The predicted octanol–water partition coefficient (Wildman–Crippen LogP) is 5.70. The summed E-state index contributed by atoms with van der Waals surface area (Å²) in [5.74, 6) is 0.768. The Hall–Kier alpha value is -2.55. The van der Waals surface area contributed by atoms with Crippen LogP contribution in [0.25, 0.3) is 0 Å². The molecule has 0 atom stereocenters. The van der Waals surface area contributed by atoms with Gasteiger partial charge in [0.2, 0.25) is 0 Å². The third-order valence-electron chi connectivity index (χ3n) is 4.95. The van der Waals surface area contributed by atoms with Gasteiger partial charge in [0, 0.05) is 21.2 Å². The molecule has 174 valence electrons. The number of benzene rings is 2. The van der Waals surface area contributed by atoms with Crippen LogP contribution in [0.3, 0.4) is 0 Å². The summed E-state index contributed by atoms with van der Waals surface area (Å²) in [6.45, 7) is 5.81. The number of halogens is 3. The van der Waals surface area contributed by atoms with Gasteiger partial charge in [-0.25, -0.2) is 5.43 Å². The summed E-state index contributed by atoms with van der Waals surface area (Å²) >= 11 is 15.9. The van der Waals surface area contributed by atoms with Crippen molar-refractivity contribution in [3.05, 3.63) is 73.4 Å². The first-order valence-corrected chi connectivity index (χ1v) is 11.5. The molecule has 3 rings (SSSR count). The minimum absolute atomic E-state index is 0.0652. The fourth-order valence-electron chi connectivity index (χ4n) is 3.04. The molecule has 0 aliphatic rings. The quantitative estimate of drug-likeness (QED) is 0.287. The van der Waals surface area contributed by atoms with Crippen molar-refractivity contribution in [2.24, 2.45) is 5.10 Å². The smallest absolute Gasteiger partial charge is 0.261 e. The Morgan fingerprint density at radius 1 is 1.18 bits per heavy atom. The van der Waals surface area contributed by atoms with E-state index in [4.69, 9.17) is 32.7 Å². The highest BCUT2D eigenvalue weighted by Crippen LogP contribution is 2.31. The zero-order chi connectivity index (χ0) is 24.1. The van der Waals surface area contributed by atoms with E-state index in [1.165, 1.54) is 0 Å². The van der Waals surface area contributed by atoms with Crippen molar-refractivity contribution in [1.82, 2.24) is 15.2 Å². The van der Waals surface area contributed by atoms with Crippen LogP contribution in [0, 0.1) is 13.8 Å². The van der Waals surface area contributed by atoms with Crippen LogP contribution in [0.2, 0.25) is 10.0 Å². The van der Waals surface area contributed by atoms with E-state index in [0.717, 1.165) is 21.4 Å². The average Bonchev–Trinajstić information content (AvgIpc) is 3.03. The van der Waals surface area contributed by atoms with Gasteiger partial charge in [-0.3, -0.25) is 9.48 Å². The number of ether oxygens (including phenoxy) is 2. The van der Waals surface area contributed by atoms with Crippen LogP contribution < -0.4 is 14.9 Å². The molecule has 0 unspecified atom stereocenters. The van der Waals surface area contributed by atoms with Gasteiger partial charge in [-0.1, -0.05) is 29.3 Å². The summed E-state index contributed by atoms with van der Waals surface area (Å²) < 4.78 is 13.9. The number of hydrogen-bond donors (Lipinski definition) is 1. The number of nitrogens with one attached hydrogen (secondary N) is 1. The predicted molar refractivity (Wildman–Crippen MR) is 134 cm³/mol. The molecule has 10 heteroatoms. The standard InChI is InChI=1S/C23H23BrCl2N4O3/c1-13(27-28-22(31)11-30-15(3)23(24)14(2)29-30)16-8-9-20(21(10-16)32-4)33-12-17-18(25)6-5-7-19(17)26/h5-10H,11-12H2,1-4H3,(H,28,31). The van der Waals surface area contributed by atoms with Crippen LogP contribution >= 0.6 is 39.1 Å². The number of amides is 1. The van der Waals surface area contributed by atoms with E-state index in [0.29, 0.717) is 32.8 Å². The van der Waals surface area contributed by atoms with Crippen LogP contribution in [-0.2, 0) is 17.9 Å². The number of hydrogen-bond acceptors (Lipinski definition) is 5. The number of carbonyl (C=O) groups excluding carboxylic acids is 1. The van der Waals surface area contributed by atoms with Crippen LogP contribution in [0.1, 0.15) is 29.4 Å². The lowest BCUT2D eigenvalue weighted by Gasteiger charge is -2.14. The Morgan fingerprint density at radius 2 is 1.88 bits per heavy atom. The van der Waals surface area contributed by atoms with E-state index in [2.05, 4.69) is 31.6 Å². The summed E-state index contributed by atoms with van der Waals surface area (Å²) in [4.78, 5) is 12.3. The van der Waals surface area contributed by atoms with Gasteiger partial charge in [0.15, 0.2) is 11.5 Å². The monoisotopic (exact) mass is 552 g/mol. The van der Waals surface area contributed by atoms with Gasteiger partial charge in [0.1, 0.15) is 13.2 Å². The molecule has 1 aromatic heterocycles. The van der Waals surface area contributed by atoms with E-state index >= 15 is 0 Å². The van der Waals surface area contributed by atoms with Crippen LogP contribution in [-0.4, -0.2) is 28.5 Å². The Kier molecular flexibility index (Phi) is 8.40. The van der Waals surface area contributed by atoms with Gasteiger partial charge in [0.25, 0.3) is 5.91 Å². The summed E-state index contributed by atoms with van der Waals surface area (Å²) in [5, 5.41) is 9.60. The van der Waals surface area contributed by atoms with Gasteiger partial charge in [-0.2, -0.15) is 10.2 Å². The molecule has 1 amide bonds. The molecule has 2 aromatic carbocycles. The second kappa shape index (κ2) is 11.0. The molecule has 0 bridgehead atoms. The molecule has 1 heterocycles. The lowest BCUT2D eigenvalue weighted by atomic mass is 10.1. The first-order valence-electron chi connectivity index (χ1n) is 9.98. The SMILES string of the molecule is COc1cc(C(C)=NNC(=O)Cn2nc(C)c(Br)c2C)ccc1OCc1c(Cl)cccc1Cl. The zero-order valence-electron chi connectivity index (χ0n) is 18.6. The highest BCUT2D eigenvalue weighted by atomic mass is 79.9. The van der Waals surface area contributed by atoms with E-state index < -0.39 is 0 Å². The fraction of sp³-hybridized carbons (Fsp3) is 0.261. The van der Waals surface area contributed by atoms with Gasteiger partial charge in [0.05, 0.1) is 28.7 Å². The number of aryl methyl sites for hydroxylation is 1. The maximum atomic E-state index is 12.3. The molecule has 0 saturated carbocycles. The van der Waals surface area contributed by atoms with Gasteiger partial charge >= 0.3 is 0 Å². The van der Waals surface area contributed by atoms with Crippen molar-refractivity contribution in [3.8, 4) is 11.5 Å². The molecule has 7 nitrogen and oxygen atoms in total. The average molecular weight is 554 g/mol. The Bertz CT molecular complexity index is 1190. The second-order valence-corrected chi connectivity index (χ2v) is 8.84. The number of carbonyl (C=O) groups is 1. The number of rotatable bonds is 8. The highest BCUT2D eigenvalue weighted by molar-refractivity contribution is 9.10. The number of aromatic nitrogens is 2. The highest BCUT2D eigenvalue weighted by Gasteiger charge is 2.13. The molecule has 0 saturated heterocycles. The number of methoxy groups -OCH3 is 1. The van der Waals surface area contributed by atoms with Crippen molar-refractivity contribution in [3.63, 3.8) is 0 Å². The molecule has 0 spiro atoms. The number of nitrogens with zero attached hydrogens (tertiary/aromatic N) is 3. The Morgan fingerprint density at radius 3 is 2.48 bits per heavy atom. The van der Waals surface area contributed by atoms with E-state index in [1.807, 2.05) is 19.9 Å². The lowest BCUT2D eigenvalue weighted by molar-refractivity contribution is -0.121. The Balaban J connectivity index is 1.67. The summed E-state index contributed by atoms with van der Waals surface area (Å²) in [5.41, 5.74) is 6.34. The molecule has 0 aliphatic carbocycles. The topological polar surface area (TPSA) is 77.7 Å². The number of hydrazone groups is 1. The van der Waals surface area contributed by atoms with E-state index in [1.54, 1.807) is 49.0 Å². The third-order valence-corrected chi connectivity index (χ3v) is 6.81. The fourth-order valence-corrected chi connectivity index (χ4v) is 3.83. The van der Waals surface area contributed by atoms with Crippen LogP contribution in [0.15, 0.2) is 46.0 Å². The second-order valence-electron chi connectivity index (χ2n) is 7.23. The first kappa shape index (κ1) is 25.1. The summed E-state index contributed by atoms with van der Waals surface area (Å²) in [7, 11) is 1.55. The van der Waals surface area contributed by atoms with Crippen molar-refractivity contribution < 1.29 is 14.3 Å². The molecule has 1 N–H and O–H groups in total. The van der Waals surface area contributed by atoms with Crippen LogP contribution in [0.5, 0.6) is 11.5 Å². The molecule has 0 aliphatic heterocycles. The van der Waals surface area contributed by atoms with Crippen molar-refractivity contribution >= 4 is 50.8 Å². The summed E-state index contributed by atoms with van der Waals surface area (Å²) in [6.07, 6.45) is 0. The van der Waals surface area contributed by atoms with Gasteiger partial charge in [-0.05, 0) is 67.0 Å². The van der Waals surface area contributed by atoms with Crippen LogP contribution in [0.4, 0.5) is 0 Å². The summed E-state index contributed by atoms with van der Waals surface area (Å²) in [6, 6.07) is 10.7. The van der Waals surface area contributed by atoms with Crippen molar-refractivity contribution in [1.29, 1.82) is 0 Å². The molecule has 3 aromatic rings. The minimum atomic E-state index is -0.281. The van der Waals surface area contributed by atoms with E-state index in [9.17, 15) is 4.79 Å². The largest absolute Gasteiger partial charge is 0.493 e. The normalized spacial score (nSPS) is 11.4. The maximum absolute atomic E-state index is 12.3. The molecular weight excluding hydrogens is 531 g/mol. The lowest BCUT2D eigenvalue weighted by Crippen LogP contribution is -2.25. The Labute approximate surface area is 210 Å². The third kappa shape index (κ3) is 6.07. The van der Waals surface area contributed by atoms with Gasteiger partial charge < -0.3 is 9.47 Å². The molecule has 0 radical (unpaired) electrons. The molecular formula is C23H23BrCl2N4O3. The van der Waals surface area contributed by atoms with Gasteiger partial charge in [-0.15, -0.1) is 0 Å². The van der Waals surface area contributed by atoms with Crippen molar-refractivity contribution in [2.75, 3.05) is 7.11 Å². The molecule has 0 fully saturated rings. The maximum Gasteiger partial charge on any atom is 0.261 e.